The molecular formula is C25H27N5O2. The van der Waals surface area contributed by atoms with Crippen molar-refractivity contribution in [1.82, 2.24) is 18.7 Å². The van der Waals surface area contributed by atoms with E-state index in [1.807, 2.05) is 34.9 Å². The van der Waals surface area contributed by atoms with Crippen molar-refractivity contribution in [3.8, 4) is 0 Å². The molecule has 0 bridgehead atoms. The lowest BCUT2D eigenvalue weighted by molar-refractivity contribution is 0.458. The fraction of sp³-hybridized carbons (Fsp3) is 0.320. The topological polar surface area (TPSA) is 65.1 Å². The van der Waals surface area contributed by atoms with Crippen LogP contribution in [0.1, 0.15) is 25.0 Å². The van der Waals surface area contributed by atoms with Crippen molar-refractivity contribution in [2.75, 3.05) is 11.4 Å². The van der Waals surface area contributed by atoms with Gasteiger partial charge in [0.15, 0.2) is 11.2 Å². The maximum Gasteiger partial charge on any atom is 0.332 e. The summed E-state index contributed by atoms with van der Waals surface area (Å²) in [5.41, 5.74) is 3.51. The summed E-state index contributed by atoms with van der Waals surface area (Å²) in [5, 5.41) is 0. The van der Waals surface area contributed by atoms with E-state index in [0.717, 1.165) is 24.2 Å². The third-order valence-electron chi connectivity index (χ3n) is 6.28. The van der Waals surface area contributed by atoms with Crippen molar-refractivity contribution >= 4 is 22.8 Å². The molecule has 0 fully saturated rings. The lowest BCUT2D eigenvalue weighted by atomic mass is 10.1. The van der Waals surface area contributed by atoms with Gasteiger partial charge in [-0.1, -0.05) is 56.3 Å². The Morgan fingerprint density at radius 3 is 2.38 bits per heavy atom. The van der Waals surface area contributed by atoms with Gasteiger partial charge in [-0.3, -0.25) is 13.9 Å². The van der Waals surface area contributed by atoms with Gasteiger partial charge < -0.3 is 9.47 Å². The quantitative estimate of drug-likeness (QED) is 0.499. The lowest BCUT2D eigenvalue weighted by Crippen LogP contribution is -2.40. The van der Waals surface area contributed by atoms with Gasteiger partial charge >= 0.3 is 5.69 Å². The van der Waals surface area contributed by atoms with Gasteiger partial charge in [0.25, 0.3) is 5.56 Å². The summed E-state index contributed by atoms with van der Waals surface area (Å²) in [7, 11) is 1.69. The van der Waals surface area contributed by atoms with Crippen LogP contribution in [0.3, 0.4) is 0 Å². The highest BCUT2D eigenvalue weighted by atomic mass is 16.2. The van der Waals surface area contributed by atoms with Crippen LogP contribution in [0, 0.1) is 5.92 Å². The predicted octanol–water partition coefficient (Wildman–Crippen LogP) is 3.30. The zero-order valence-corrected chi connectivity index (χ0v) is 18.7. The molecule has 1 aliphatic heterocycles. The van der Waals surface area contributed by atoms with Gasteiger partial charge in [0, 0.05) is 25.8 Å². The average molecular weight is 430 g/mol. The number of aromatic nitrogens is 4. The van der Waals surface area contributed by atoms with E-state index in [1.54, 1.807) is 7.05 Å². The molecule has 3 heterocycles. The van der Waals surface area contributed by atoms with E-state index >= 15 is 0 Å². The molecule has 2 aromatic carbocycles. The van der Waals surface area contributed by atoms with Crippen molar-refractivity contribution in [3.63, 3.8) is 0 Å². The van der Waals surface area contributed by atoms with Gasteiger partial charge in [-0.25, -0.2) is 4.79 Å². The Morgan fingerprint density at radius 1 is 0.969 bits per heavy atom. The van der Waals surface area contributed by atoms with E-state index in [2.05, 4.69) is 43.0 Å². The van der Waals surface area contributed by atoms with Crippen LogP contribution in [0.4, 0.5) is 11.6 Å². The van der Waals surface area contributed by atoms with Crippen molar-refractivity contribution < 1.29 is 0 Å². The highest BCUT2D eigenvalue weighted by Crippen LogP contribution is 2.32. The summed E-state index contributed by atoms with van der Waals surface area (Å²) in [6.07, 6.45) is 0.984. The minimum atomic E-state index is -0.353. The SMILES string of the molecule is CCc1ccc(N2C[C@H](C)Cn3c2nc2c3c(=O)n(Cc3ccccc3)c(=O)n2C)cc1. The first kappa shape index (κ1) is 20.3. The van der Waals surface area contributed by atoms with Crippen LogP contribution < -0.4 is 16.1 Å². The van der Waals surface area contributed by atoms with Gasteiger partial charge in [-0.05, 0) is 35.6 Å². The maximum absolute atomic E-state index is 13.5. The number of anilines is 2. The summed E-state index contributed by atoms with van der Waals surface area (Å²) in [5.74, 6) is 1.04. The monoisotopic (exact) mass is 429 g/mol. The van der Waals surface area contributed by atoms with Gasteiger partial charge in [-0.15, -0.1) is 0 Å². The first-order valence-corrected chi connectivity index (χ1v) is 11.1. The largest absolute Gasteiger partial charge is 0.332 e. The first-order chi connectivity index (χ1) is 15.5. The highest BCUT2D eigenvalue weighted by molar-refractivity contribution is 5.77. The Balaban J connectivity index is 1.70. The Hall–Kier alpha value is -3.61. The number of aryl methyl sites for hydroxylation is 2. The van der Waals surface area contributed by atoms with E-state index in [0.29, 0.717) is 29.6 Å². The molecule has 7 heteroatoms. The molecule has 5 rings (SSSR count). The molecule has 0 amide bonds. The Labute approximate surface area is 186 Å². The summed E-state index contributed by atoms with van der Waals surface area (Å²) >= 11 is 0. The van der Waals surface area contributed by atoms with Gasteiger partial charge in [0.05, 0.1) is 6.54 Å². The average Bonchev–Trinajstić information content (AvgIpc) is 3.20. The van der Waals surface area contributed by atoms with E-state index in [1.165, 1.54) is 14.7 Å². The molecule has 7 nitrogen and oxygen atoms in total. The lowest BCUT2D eigenvalue weighted by Gasteiger charge is -2.33. The van der Waals surface area contributed by atoms with Gasteiger partial charge in [0.1, 0.15) is 0 Å². The molecule has 1 aliphatic rings. The molecule has 0 saturated heterocycles. The van der Waals surface area contributed by atoms with E-state index in [-0.39, 0.29) is 17.8 Å². The molecule has 0 N–H and O–H groups in total. The van der Waals surface area contributed by atoms with Crippen LogP contribution in [0.25, 0.3) is 11.2 Å². The number of imidazole rings is 1. The van der Waals surface area contributed by atoms with Crippen molar-refractivity contribution in [2.24, 2.45) is 13.0 Å². The van der Waals surface area contributed by atoms with Crippen molar-refractivity contribution in [2.45, 2.75) is 33.4 Å². The molecule has 4 aromatic rings. The van der Waals surface area contributed by atoms with E-state index in [9.17, 15) is 9.59 Å². The molecule has 1 atom stereocenters. The minimum Gasteiger partial charge on any atom is -0.312 e. The number of nitrogens with zero attached hydrogens (tertiary/aromatic N) is 5. The summed E-state index contributed by atoms with van der Waals surface area (Å²) < 4.78 is 4.79. The number of hydrogen-bond donors (Lipinski definition) is 0. The second kappa shape index (κ2) is 7.82. The Morgan fingerprint density at radius 2 is 1.69 bits per heavy atom. The van der Waals surface area contributed by atoms with Gasteiger partial charge in [0.2, 0.25) is 5.95 Å². The van der Waals surface area contributed by atoms with Crippen LogP contribution in [-0.4, -0.2) is 25.2 Å². The standard InChI is InChI=1S/C25H27N5O2/c1-4-18-10-12-20(13-11-18)28-14-17(2)15-29-21-22(26-24(28)29)27(3)25(32)30(23(21)31)16-19-8-6-5-7-9-19/h5-13,17H,4,14-16H2,1-3H3/t17-/m0/s1. The highest BCUT2D eigenvalue weighted by Gasteiger charge is 2.29. The molecule has 32 heavy (non-hydrogen) atoms. The summed E-state index contributed by atoms with van der Waals surface area (Å²) in [4.78, 5) is 33.6. The van der Waals surface area contributed by atoms with Crippen molar-refractivity contribution in [1.29, 1.82) is 0 Å². The zero-order chi connectivity index (χ0) is 22.4. The minimum absolute atomic E-state index is 0.237. The molecule has 0 aliphatic carbocycles. The number of benzene rings is 2. The first-order valence-electron chi connectivity index (χ1n) is 11.1. The van der Waals surface area contributed by atoms with E-state index in [4.69, 9.17) is 4.98 Å². The Kier molecular flexibility index (Phi) is 4.96. The molecule has 2 aromatic heterocycles. The molecule has 0 spiro atoms. The van der Waals surface area contributed by atoms with Crippen LogP contribution in [-0.2, 0) is 26.6 Å². The zero-order valence-electron chi connectivity index (χ0n) is 18.7. The van der Waals surface area contributed by atoms with Crippen molar-refractivity contribution in [3.05, 3.63) is 86.6 Å². The van der Waals surface area contributed by atoms with E-state index < -0.39 is 0 Å². The molecular weight excluding hydrogens is 402 g/mol. The fourth-order valence-electron chi connectivity index (χ4n) is 4.54. The molecule has 0 radical (unpaired) electrons. The summed E-state index contributed by atoms with van der Waals surface area (Å²) in [6, 6.07) is 18.1. The normalized spacial score (nSPS) is 15.8. The molecule has 0 saturated carbocycles. The smallest absolute Gasteiger partial charge is 0.312 e. The molecule has 164 valence electrons. The van der Waals surface area contributed by atoms with Crippen LogP contribution in [0.15, 0.2) is 64.2 Å². The van der Waals surface area contributed by atoms with Crippen LogP contribution in [0.5, 0.6) is 0 Å². The summed E-state index contributed by atoms with van der Waals surface area (Å²) in [6.45, 7) is 6.04. The third kappa shape index (κ3) is 3.25. The number of fused-ring (bicyclic) bond motifs is 3. The molecule has 0 unspecified atom stereocenters. The number of rotatable bonds is 4. The third-order valence-corrected chi connectivity index (χ3v) is 6.28. The van der Waals surface area contributed by atoms with Gasteiger partial charge in [-0.2, -0.15) is 4.98 Å². The second-order valence-electron chi connectivity index (χ2n) is 8.65. The second-order valence-corrected chi connectivity index (χ2v) is 8.65. The van der Waals surface area contributed by atoms with Crippen LogP contribution >= 0.6 is 0 Å². The Bertz CT molecular complexity index is 1400. The fourth-order valence-corrected chi connectivity index (χ4v) is 4.54. The maximum atomic E-state index is 13.5. The van der Waals surface area contributed by atoms with Crippen LogP contribution in [0.2, 0.25) is 0 Å². The number of hydrogen-bond acceptors (Lipinski definition) is 4. The predicted molar refractivity (Wildman–Crippen MR) is 127 cm³/mol.